The van der Waals surface area contributed by atoms with Crippen LogP contribution in [-0.2, 0) is 11.3 Å². The van der Waals surface area contributed by atoms with E-state index in [1.165, 1.54) is 22.6 Å². The van der Waals surface area contributed by atoms with E-state index in [1.54, 1.807) is 0 Å². The van der Waals surface area contributed by atoms with Crippen molar-refractivity contribution in [1.82, 2.24) is 19.2 Å². The molecule has 3 aromatic heterocycles. The first-order valence-corrected chi connectivity index (χ1v) is 10.9. The van der Waals surface area contributed by atoms with Crippen molar-refractivity contribution in [3.05, 3.63) is 57.7 Å². The Labute approximate surface area is 174 Å². The molecule has 0 saturated carbocycles. The highest BCUT2D eigenvalue weighted by atomic mass is 32.1. The van der Waals surface area contributed by atoms with Crippen molar-refractivity contribution < 1.29 is 9.59 Å². The summed E-state index contributed by atoms with van der Waals surface area (Å²) in [6.07, 6.45) is 2.67. The second-order valence-electron chi connectivity index (χ2n) is 7.63. The number of aryl methyl sites for hydroxylation is 2. The van der Waals surface area contributed by atoms with Crippen LogP contribution in [-0.4, -0.2) is 57.1 Å². The molecule has 1 aliphatic heterocycles. The predicted molar refractivity (Wildman–Crippen MR) is 114 cm³/mol. The summed E-state index contributed by atoms with van der Waals surface area (Å²) < 4.78 is 2.16. The first kappa shape index (κ1) is 19.8. The van der Waals surface area contributed by atoms with E-state index in [9.17, 15) is 9.59 Å². The van der Waals surface area contributed by atoms with E-state index in [1.807, 2.05) is 22.4 Å². The summed E-state index contributed by atoms with van der Waals surface area (Å²) >= 11 is 1.43. The number of ketones is 1. The Morgan fingerprint density at radius 2 is 1.90 bits per heavy atom. The summed E-state index contributed by atoms with van der Waals surface area (Å²) in [5.74, 6) is 0.140. The number of piperazine rings is 1. The molecule has 3 aromatic rings. The van der Waals surface area contributed by atoms with Crippen LogP contribution in [0.25, 0.3) is 5.65 Å². The predicted octanol–water partition coefficient (Wildman–Crippen LogP) is 3.32. The van der Waals surface area contributed by atoms with Gasteiger partial charge >= 0.3 is 0 Å². The number of fused-ring (bicyclic) bond motifs is 1. The lowest BCUT2D eigenvalue weighted by atomic mass is 10.1. The molecule has 7 heteroatoms. The van der Waals surface area contributed by atoms with Crippen molar-refractivity contribution in [2.75, 3.05) is 26.2 Å². The number of amides is 1. The zero-order chi connectivity index (χ0) is 20.4. The molecule has 0 aromatic carbocycles. The highest BCUT2D eigenvalue weighted by Gasteiger charge is 2.23. The topological polar surface area (TPSA) is 57.9 Å². The second-order valence-corrected chi connectivity index (χ2v) is 8.58. The second kappa shape index (κ2) is 8.47. The van der Waals surface area contributed by atoms with Gasteiger partial charge in [-0.25, -0.2) is 4.98 Å². The molecule has 0 unspecified atom stereocenters. The fourth-order valence-corrected chi connectivity index (χ4v) is 4.51. The van der Waals surface area contributed by atoms with Crippen LogP contribution in [0.5, 0.6) is 0 Å². The van der Waals surface area contributed by atoms with Crippen LogP contribution in [0.3, 0.4) is 0 Å². The van der Waals surface area contributed by atoms with Crippen molar-refractivity contribution in [1.29, 1.82) is 0 Å². The minimum Gasteiger partial charge on any atom is -0.340 e. The third-order valence-corrected chi connectivity index (χ3v) is 6.45. The number of carbonyl (C=O) groups excluding carboxylic acids is 2. The highest BCUT2D eigenvalue weighted by molar-refractivity contribution is 7.12. The Morgan fingerprint density at radius 1 is 1.10 bits per heavy atom. The number of thiophene rings is 1. The molecule has 0 bridgehead atoms. The van der Waals surface area contributed by atoms with Crippen LogP contribution in [0.15, 0.2) is 35.8 Å². The first-order valence-electron chi connectivity index (χ1n) is 10.0. The number of pyridine rings is 1. The Morgan fingerprint density at radius 3 is 2.62 bits per heavy atom. The molecule has 4 heterocycles. The third-order valence-electron chi connectivity index (χ3n) is 5.54. The molecular formula is C22H26N4O2S. The molecule has 1 fully saturated rings. The van der Waals surface area contributed by atoms with E-state index in [-0.39, 0.29) is 11.7 Å². The SMILES string of the molecule is Cc1ccn2c(CN3CCN(C(=O)CCC(=O)c4cccs4)CC3)c(C)nc2c1. The molecule has 0 N–H and O–H groups in total. The maximum absolute atomic E-state index is 12.5. The quantitative estimate of drug-likeness (QED) is 0.585. The normalized spacial score (nSPS) is 15.2. The zero-order valence-electron chi connectivity index (χ0n) is 16.9. The molecule has 4 rings (SSSR count). The van der Waals surface area contributed by atoms with Crippen molar-refractivity contribution in [2.45, 2.75) is 33.2 Å². The smallest absolute Gasteiger partial charge is 0.223 e. The van der Waals surface area contributed by atoms with E-state index in [4.69, 9.17) is 0 Å². The summed E-state index contributed by atoms with van der Waals surface area (Å²) in [6, 6.07) is 7.89. The van der Waals surface area contributed by atoms with Gasteiger partial charge in [-0.05, 0) is 43.0 Å². The molecule has 0 aliphatic carbocycles. The summed E-state index contributed by atoms with van der Waals surface area (Å²) in [7, 11) is 0. The standard InChI is InChI=1S/C22H26N4O2S/c1-16-7-8-26-18(17(2)23-21(26)14-16)15-24-9-11-25(12-10-24)22(28)6-5-19(27)20-4-3-13-29-20/h3-4,7-8,13-14H,5-6,9-12,15H2,1-2H3. The van der Waals surface area contributed by atoms with Gasteiger partial charge in [0.15, 0.2) is 5.78 Å². The van der Waals surface area contributed by atoms with E-state index >= 15 is 0 Å². The van der Waals surface area contributed by atoms with Crippen molar-refractivity contribution in [3.8, 4) is 0 Å². The number of nitrogens with zero attached hydrogens (tertiary/aromatic N) is 4. The lowest BCUT2D eigenvalue weighted by Gasteiger charge is -2.34. The summed E-state index contributed by atoms with van der Waals surface area (Å²) in [5.41, 5.74) is 4.46. The van der Waals surface area contributed by atoms with Gasteiger partial charge in [-0.3, -0.25) is 14.5 Å². The number of Topliss-reactive ketones (excluding diaryl/α,β-unsaturated/α-hetero) is 1. The van der Waals surface area contributed by atoms with Gasteiger partial charge < -0.3 is 9.30 Å². The third kappa shape index (κ3) is 4.41. The maximum atomic E-state index is 12.5. The molecular weight excluding hydrogens is 384 g/mol. The molecule has 1 amide bonds. The number of hydrogen-bond donors (Lipinski definition) is 0. The lowest BCUT2D eigenvalue weighted by Crippen LogP contribution is -2.48. The molecule has 6 nitrogen and oxygen atoms in total. The van der Waals surface area contributed by atoms with Gasteiger partial charge in [0.25, 0.3) is 0 Å². The minimum atomic E-state index is 0.0605. The highest BCUT2D eigenvalue weighted by Crippen LogP contribution is 2.17. The van der Waals surface area contributed by atoms with Crippen LogP contribution in [0.1, 0.15) is 39.5 Å². The number of hydrogen-bond acceptors (Lipinski definition) is 5. The van der Waals surface area contributed by atoms with Gasteiger partial charge in [0.1, 0.15) is 5.65 Å². The monoisotopic (exact) mass is 410 g/mol. The van der Waals surface area contributed by atoms with Crippen molar-refractivity contribution in [2.24, 2.45) is 0 Å². The molecule has 1 saturated heterocycles. The van der Waals surface area contributed by atoms with Gasteiger partial charge in [-0.2, -0.15) is 0 Å². The van der Waals surface area contributed by atoms with Crippen LogP contribution >= 0.6 is 11.3 Å². The number of aromatic nitrogens is 2. The summed E-state index contributed by atoms with van der Waals surface area (Å²) in [4.78, 5) is 34.3. The van der Waals surface area contributed by atoms with Gasteiger partial charge in [0.05, 0.1) is 16.3 Å². The summed E-state index contributed by atoms with van der Waals surface area (Å²) in [5, 5.41) is 1.89. The zero-order valence-corrected chi connectivity index (χ0v) is 17.7. The average Bonchev–Trinajstić information content (AvgIpc) is 3.35. The van der Waals surface area contributed by atoms with E-state index in [2.05, 4.69) is 46.5 Å². The van der Waals surface area contributed by atoms with Crippen LogP contribution in [0.2, 0.25) is 0 Å². The molecule has 152 valence electrons. The lowest BCUT2D eigenvalue weighted by molar-refractivity contribution is -0.133. The Bertz CT molecular complexity index is 1020. The molecule has 29 heavy (non-hydrogen) atoms. The van der Waals surface area contributed by atoms with Crippen molar-refractivity contribution >= 4 is 28.7 Å². The average molecular weight is 411 g/mol. The Balaban J connectivity index is 1.30. The molecule has 0 atom stereocenters. The maximum Gasteiger partial charge on any atom is 0.223 e. The fraction of sp³-hybridized carbons (Fsp3) is 0.409. The number of carbonyl (C=O) groups is 2. The number of imidazole rings is 1. The van der Waals surface area contributed by atoms with Gasteiger partial charge in [-0.1, -0.05) is 6.07 Å². The summed E-state index contributed by atoms with van der Waals surface area (Å²) in [6.45, 7) is 8.05. The van der Waals surface area contributed by atoms with E-state index < -0.39 is 0 Å². The van der Waals surface area contributed by atoms with Gasteiger partial charge in [0.2, 0.25) is 5.91 Å². The van der Waals surface area contributed by atoms with Crippen molar-refractivity contribution in [3.63, 3.8) is 0 Å². The molecule has 0 radical (unpaired) electrons. The fourth-order valence-electron chi connectivity index (χ4n) is 3.81. The van der Waals surface area contributed by atoms with Gasteiger partial charge in [0, 0.05) is 51.8 Å². The van der Waals surface area contributed by atoms with E-state index in [0.29, 0.717) is 25.9 Å². The Hall–Kier alpha value is -2.51. The van der Waals surface area contributed by atoms with Gasteiger partial charge in [-0.15, -0.1) is 11.3 Å². The largest absolute Gasteiger partial charge is 0.340 e. The number of rotatable bonds is 6. The van der Waals surface area contributed by atoms with Crippen LogP contribution in [0.4, 0.5) is 0 Å². The minimum absolute atomic E-state index is 0.0605. The molecule has 0 spiro atoms. The Kier molecular flexibility index (Phi) is 5.78. The molecule has 1 aliphatic rings. The first-order chi connectivity index (χ1) is 14.0. The van der Waals surface area contributed by atoms with Crippen LogP contribution in [0, 0.1) is 13.8 Å². The van der Waals surface area contributed by atoms with Crippen LogP contribution < -0.4 is 0 Å². The van der Waals surface area contributed by atoms with E-state index in [0.717, 1.165) is 35.9 Å².